The molecule has 24 heavy (non-hydrogen) atoms. The summed E-state index contributed by atoms with van der Waals surface area (Å²) >= 11 is 0. The number of benzene rings is 1. The van der Waals surface area contributed by atoms with Gasteiger partial charge in [0.1, 0.15) is 6.33 Å². The van der Waals surface area contributed by atoms with Gasteiger partial charge in [0.2, 0.25) is 0 Å². The molecule has 0 aliphatic heterocycles. The molecule has 0 unspecified atom stereocenters. The number of rotatable bonds is 4. The zero-order chi connectivity index (χ0) is 17.3. The van der Waals surface area contributed by atoms with Crippen LogP contribution in [0.5, 0.6) is 0 Å². The predicted octanol–water partition coefficient (Wildman–Crippen LogP) is 3.65. The van der Waals surface area contributed by atoms with Crippen LogP contribution in [0.3, 0.4) is 0 Å². The molecule has 1 aliphatic rings. The molecule has 1 heterocycles. The summed E-state index contributed by atoms with van der Waals surface area (Å²) in [6.07, 6.45) is 0.483. The molecule has 0 atom stereocenters. The highest BCUT2D eigenvalue weighted by Crippen LogP contribution is 2.40. The fourth-order valence-corrected chi connectivity index (χ4v) is 2.58. The molecule has 7 heteroatoms. The molecular formula is C17H16F3N3O. The Labute approximate surface area is 137 Å². The van der Waals surface area contributed by atoms with Gasteiger partial charge in [0.05, 0.1) is 16.8 Å². The number of nitrogens with zero attached hydrogens (tertiary/aromatic N) is 3. The lowest BCUT2D eigenvalue weighted by Crippen LogP contribution is -2.27. The molecule has 1 aromatic heterocycles. The quantitative estimate of drug-likeness (QED) is 0.857. The number of hydrogen-bond donors (Lipinski definition) is 0. The summed E-state index contributed by atoms with van der Waals surface area (Å²) in [4.78, 5) is 22.1. The monoisotopic (exact) mass is 335 g/mol. The Morgan fingerprint density at radius 2 is 2.08 bits per heavy atom. The Kier molecular flexibility index (Phi) is 4.26. The lowest BCUT2D eigenvalue weighted by Gasteiger charge is -2.19. The van der Waals surface area contributed by atoms with Crippen LogP contribution in [0.15, 0.2) is 36.8 Å². The lowest BCUT2D eigenvalue weighted by atomic mass is 10.1. The molecule has 0 saturated heterocycles. The van der Waals surface area contributed by atoms with Crippen molar-refractivity contribution in [2.24, 2.45) is 0 Å². The highest BCUT2D eigenvalue weighted by Gasteiger charge is 2.32. The molecule has 1 amide bonds. The average molecular weight is 335 g/mol. The van der Waals surface area contributed by atoms with Crippen LogP contribution in [0.4, 0.5) is 13.2 Å². The Morgan fingerprint density at radius 3 is 2.75 bits per heavy atom. The highest BCUT2D eigenvalue weighted by molar-refractivity contribution is 5.95. The number of carbonyl (C=O) groups is 1. The number of hydrogen-bond acceptors (Lipinski definition) is 3. The van der Waals surface area contributed by atoms with Gasteiger partial charge in [0.25, 0.3) is 5.91 Å². The van der Waals surface area contributed by atoms with E-state index in [1.165, 1.54) is 23.5 Å². The van der Waals surface area contributed by atoms with Gasteiger partial charge < -0.3 is 4.90 Å². The third-order valence-corrected chi connectivity index (χ3v) is 3.96. The number of halogens is 3. The molecular weight excluding hydrogens is 319 g/mol. The van der Waals surface area contributed by atoms with Crippen LogP contribution < -0.4 is 0 Å². The first-order valence-corrected chi connectivity index (χ1v) is 7.58. The van der Waals surface area contributed by atoms with E-state index >= 15 is 0 Å². The van der Waals surface area contributed by atoms with Gasteiger partial charge in [-0.3, -0.25) is 4.79 Å². The van der Waals surface area contributed by atoms with Crippen molar-refractivity contribution in [3.05, 3.63) is 59.2 Å². The van der Waals surface area contributed by atoms with Crippen molar-refractivity contribution in [2.45, 2.75) is 31.5 Å². The van der Waals surface area contributed by atoms with Crippen LogP contribution in [0.1, 0.15) is 45.9 Å². The van der Waals surface area contributed by atoms with Crippen molar-refractivity contribution in [1.29, 1.82) is 0 Å². The van der Waals surface area contributed by atoms with E-state index in [4.69, 9.17) is 0 Å². The fourth-order valence-electron chi connectivity index (χ4n) is 2.58. The summed E-state index contributed by atoms with van der Waals surface area (Å²) in [5.41, 5.74) is 0.855. The van der Waals surface area contributed by atoms with E-state index in [1.807, 2.05) is 0 Å². The third kappa shape index (κ3) is 3.55. The minimum absolute atomic E-state index is 0.0851. The molecule has 1 fully saturated rings. The number of carbonyl (C=O) groups excluding carboxylic acids is 1. The maximum atomic E-state index is 12.8. The molecule has 1 saturated carbocycles. The minimum atomic E-state index is -4.40. The second-order valence-corrected chi connectivity index (χ2v) is 5.96. The third-order valence-electron chi connectivity index (χ3n) is 3.96. The minimum Gasteiger partial charge on any atom is -0.337 e. The van der Waals surface area contributed by atoms with Crippen LogP contribution in [0.2, 0.25) is 0 Å². The topological polar surface area (TPSA) is 46.1 Å². The van der Waals surface area contributed by atoms with Crippen LogP contribution in [0.25, 0.3) is 0 Å². The van der Waals surface area contributed by atoms with Gasteiger partial charge >= 0.3 is 6.18 Å². The molecule has 3 rings (SSSR count). The van der Waals surface area contributed by atoms with E-state index < -0.39 is 11.7 Å². The first-order valence-electron chi connectivity index (χ1n) is 7.58. The zero-order valence-electron chi connectivity index (χ0n) is 13.0. The van der Waals surface area contributed by atoms with E-state index in [9.17, 15) is 18.0 Å². The molecule has 0 spiro atoms. The average Bonchev–Trinajstić information content (AvgIpc) is 3.38. The zero-order valence-corrected chi connectivity index (χ0v) is 13.0. The Balaban J connectivity index is 1.78. The van der Waals surface area contributed by atoms with Crippen LogP contribution in [0, 0.1) is 0 Å². The van der Waals surface area contributed by atoms with Gasteiger partial charge in [-0.15, -0.1) is 0 Å². The summed E-state index contributed by atoms with van der Waals surface area (Å²) in [7, 11) is 1.56. The predicted molar refractivity (Wildman–Crippen MR) is 81.2 cm³/mol. The van der Waals surface area contributed by atoms with Crippen molar-refractivity contribution in [2.75, 3.05) is 7.05 Å². The molecule has 126 valence electrons. The van der Waals surface area contributed by atoms with E-state index in [1.54, 1.807) is 13.1 Å². The van der Waals surface area contributed by atoms with E-state index in [-0.39, 0.29) is 18.4 Å². The first kappa shape index (κ1) is 16.4. The molecule has 2 aromatic rings. The summed E-state index contributed by atoms with van der Waals surface area (Å²) in [5, 5.41) is 0. The van der Waals surface area contributed by atoms with Crippen molar-refractivity contribution in [3.63, 3.8) is 0 Å². The van der Waals surface area contributed by atoms with Gasteiger partial charge in [-0.2, -0.15) is 13.2 Å². The van der Waals surface area contributed by atoms with Crippen LogP contribution in [-0.4, -0.2) is 27.8 Å². The van der Waals surface area contributed by atoms with Gasteiger partial charge in [-0.05, 0) is 30.5 Å². The van der Waals surface area contributed by atoms with Crippen molar-refractivity contribution >= 4 is 5.91 Å². The van der Waals surface area contributed by atoms with Gasteiger partial charge in [-0.1, -0.05) is 12.1 Å². The van der Waals surface area contributed by atoms with E-state index in [2.05, 4.69) is 9.97 Å². The highest BCUT2D eigenvalue weighted by atomic mass is 19.4. The smallest absolute Gasteiger partial charge is 0.337 e. The summed E-state index contributed by atoms with van der Waals surface area (Å²) < 4.78 is 38.3. The number of aromatic nitrogens is 2. The van der Waals surface area contributed by atoms with Gasteiger partial charge in [-0.25, -0.2) is 9.97 Å². The standard InChI is InChI=1S/C17H16F3N3O/c1-23(9-11-3-2-4-13(7-11)17(18,19)20)16(24)14-8-21-10-22-15(14)12-5-6-12/h2-4,7-8,10,12H,5-6,9H2,1H3. The molecule has 1 aromatic carbocycles. The molecule has 1 aliphatic carbocycles. The maximum absolute atomic E-state index is 12.8. The SMILES string of the molecule is CN(Cc1cccc(C(F)(F)F)c1)C(=O)c1cncnc1C1CC1. The summed E-state index contributed by atoms with van der Waals surface area (Å²) in [6.45, 7) is 0.0851. The Bertz CT molecular complexity index is 757. The Morgan fingerprint density at radius 1 is 1.33 bits per heavy atom. The first-order chi connectivity index (χ1) is 11.4. The normalized spacial score (nSPS) is 14.5. The second-order valence-electron chi connectivity index (χ2n) is 5.96. The van der Waals surface area contributed by atoms with Gasteiger partial charge in [0.15, 0.2) is 0 Å². The number of amides is 1. The maximum Gasteiger partial charge on any atom is 0.416 e. The van der Waals surface area contributed by atoms with Crippen LogP contribution in [-0.2, 0) is 12.7 Å². The molecule has 0 N–H and O–H groups in total. The van der Waals surface area contributed by atoms with Crippen molar-refractivity contribution in [3.8, 4) is 0 Å². The van der Waals surface area contributed by atoms with E-state index in [0.717, 1.165) is 30.7 Å². The Hall–Kier alpha value is -2.44. The van der Waals surface area contributed by atoms with Gasteiger partial charge in [0, 0.05) is 25.7 Å². The van der Waals surface area contributed by atoms with E-state index in [0.29, 0.717) is 11.1 Å². The molecule has 0 radical (unpaired) electrons. The largest absolute Gasteiger partial charge is 0.416 e. The molecule has 0 bridgehead atoms. The summed E-state index contributed by atoms with van der Waals surface area (Å²) in [5.74, 6) is 0.00354. The number of alkyl halides is 3. The van der Waals surface area contributed by atoms with Crippen molar-refractivity contribution in [1.82, 2.24) is 14.9 Å². The second kappa shape index (κ2) is 6.22. The lowest BCUT2D eigenvalue weighted by molar-refractivity contribution is -0.137. The summed E-state index contributed by atoms with van der Waals surface area (Å²) in [6, 6.07) is 4.99. The van der Waals surface area contributed by atoms with Crippen molar-refractivity contribution < 1.29 is 18.0 Å². The van der Waals surface area contributed by atoms with Crippen LogP contribution >= 0.6 is 0 Å². The molecule has 4 nitrogen and oxygen atoms in total. The fraction of sp³-hybridized carbons (Fsp3) is 0.353.